The van der Waals surface area contributed by atoms with Crippen LogP contribution in [0.25, 0.3) is 0 Å². The zero-order valence-corrected chi connectivity index (χ0v) is 15.9. The van der Waals surface area contributed by atoms with Gasteiger partial charge in [-0.3, -0.25) is 14.9 Å². The second kappa shape index (κ2) is 8.76. The number of alkyl halides is 3. The average molecular weight is 447 g/mol. The van der Waals surface area contributed by atoms with Crippen LogP contribution in [0, 0.1) is 10.1 Å². The predicted molar refractivity (Wildman–Crippen MR) is 98.1 cm³/mol. The molecule has 0 aromatic heterocycles. The molecule has 0 saturated carbocycles. The molecule has 0 unspecified atom stereocenters. The van der Waals surface area contributed by atoms with Gasteiger partial charge in [-0.2, -0.15) is 13.2 Å². The van der Waals surface area contributed by atoms with Crippen LogP contribution in [0.15, 0.2) is 30.3 Å². The highest BCUT2D eigenvalue weighted by molar-refractivity contribution is 6.30. The van der Waals surface area contributed by atoms with Crippen molar-refractivity contribution in [3.63, 3.8) is 0 Å². The summed E-state index contributed by atoms with van der Waals surface area (Å²) in [5.41, 5.74) is -1.02. The molecule has 1 N–H and O–H groups in total. The number of hydrogen-bond acceptors (Lipinski definition) is 7. The number of nitro benzene ring substituents is 1. The van der Waals surface area contributed by atoms with E-state index in [1.54, 1.807) is 12.1 Å². The largest absolute Gasteiger partial charge is 0.467 e. The molecule has 0 radical (unpaired) electrons. The first-order valence-corrected chi connectivity index (χ1v) is 8.80. The summed E-state index contributed by atoms with van der Waals surface area (Å²) in [4.78, 5) is 22.1. The van der Waals surface area contributed by atoms with E-state index in [-0.39, 0.29) is 25.7 Å². The van der Waals surface area contributed by atoms with E-state index in [4.69, 9.17) is 25.8 Å². The van der Waals surface area contributed by atoms with E-state index in [2.05, 4.69) is 5.32 Å². The minimum Gasteiger partial charge on any atom is -0.467 e. The highest BCUT2D eigenvalue weighted by Crippen LogP contribution is 2.35. The summed E-state index contributed by atoms with van der Waals surface area (Å²) < 4.78 is 53.9. The van der Waals surface area contributed by atoms with Gasteiger partial charge in [0.15, 0.2) is 6.79 Å². The first kappa shape index (κ1) is 21.7. The molecule has 1 heterocycles. The minimum atomic E-state index is -4.73. The molecule has 1 aliphatic heterocycles. The Morgan fingerprint density at radius 1 is 1.30 bits per heavy atom. The highest BCUT2D eigenvalue weighted by atomic mass is 35.5. The molecule has 0 bridgehead atoms. The number of hydrogen-bond donors (Lipinski definition) is 1. The molecule has 0 aliphatic carbocycles. The van der Waals surface area contributed by atoms with Gasteiger partial charge in [-0.15, -0.1) is 0 Å². The lowest BCUT2D eigenvalue weighted by Crippen LogP contribution is -2.19. The third kappa shape index (κ3) is 5.10. The Morgan fingerprint density at radius 3 is 2.77 bits per heavy atom. The lowest BCUT2D eigenvalue weighted by molar-refractivity contribution is -0.384. The van der Waals surface area contributed by atoms with Gasteiger partial charge in [0.25, 0.3) is 5.69 Å². The van der Waals surface area contributed by atoms with Crippen LogP contribution in [-0.4, -0.2) is 24.2 Å². The molecule has 2 aromatic rings. The second-order valence-corrected chi connectivity index (χ2v) is 6.60. The van der Waals surface area contributed by atoms with E-state index in [0.29, 0.717) is 34.0 Å². The Hall–Kier alpha value is -3.05. The van der Waals surface area contributed by atoms with Gasteiger partial charge in [0, 0.05) is 22.2 Å². The summed E-state index contributed by atoms with van der Waals surface area (Å²) in [7, 11) is 0. The smallest absolute Gasteiger partial charge is 0.416 e. The van der Waals surface area contributed by atoms with Crippen LogP contribution in [0.5, 0.6) is 5.75 Å². The van der Waals surface area contributed by atoms with Crippen LogP contribution in [0.3, 0.4) is 0 Å². The molecule has 0 amide bonds. The molecule has 0 saturated heterocycles. The van der Waals surface area contributed by atoms with Crippen LogP contribution in [0.1, 0.15) is 16.7 Å². The van der Waals surface area contributed by atoms with Crippen molar-refractivity contribution in [1.29, 1.82) is 0 Å². The Morgan fingerprint density at radius 2 is 2.07 bits per heavy atom. The number of carbonyl (C=O) groups excluding carboxylic acids is 1. The van der Waals surface area contributed by atoms with Crippen molar-refractivity contribution in [2.45, 2.75) is 19.4 Å². The number of ether oxygens (including phenoxy) is 3. The minimum absolute atomic E-state index is 0.0364. The van der Waals surface area contributed by atoms with Gasteiger partial charge in [-0.05, 0) is 24.3 Å². The van der Waals surface area contributed by atoms with Crippen molar-refractivity contribution in [3.8, 4) is 5.75 Å². The number of anilines is 1. The zero-order valence-electron chi connectivity index (χ0n) is 15.1. The quantitative estimate of drug-likeness (QED) is 0.401. The average Bonchev–Trinajstić information content (AvgIpc) is 2.69. The molecular formula is C18H14ClF3N2O6. The molecule has 160 valence electrons. The summed E-state index contributed by atoms with van der Waals surface area (Å²) in [6.45, 7) is -0.359. The molecule has 12 heteroatoms. The van der Waals surface area contributed by atoms with E-state index in [0.717, 1.165) is 6.07 Å². The lowest BCUT2D eigenvalue weighted by Gasteiger charge is -2.21. The SMILES string of the molecule is O=C(CNc1ccc(C(F)(F)F)cc1[N+](=O)[O-])OCc1cc(Cl)cc2c1OCOC2. The van der Waals surface area contributed by atoms with Crippen LogP contribution in [0.4, 0.5) is 24.5 Å². The van der Waals surface area contributed by atoms with E-state index >= 15 is 0 Å². The van der Waals surface area contributed by atoms with E-state index in [1.807, 2.05) is 0 Å². The van der Waals surface area contributed by atoms with Gasteiger partial charge in [-0.1, -0.05) is 11.6 Å². The molecule has 30 heavy (non-hydrogen) atoms. The molecule has 3 rings (SSSR count). The van der Waals surface area contributed by atoms with E-state index < -0.39 is 34.9 Å². The number of halogens is 4. The summed E-state index contributed by atoms with van der Waals surface area (Å²) >= 11 is 6.02. The summed E-state index contributed by atoms with van der Waals surface area (Å²) in [5.74, 6) is -0.297. The lowest BCUT2D eigenvalue weighted by atomic mass is 10.1. The summed E-state index contributed by atoms with van der Waals surface area (Å²) in [5, 5.41) is 13.9. The fourth-order valence-corrected chi connectivity index (χ4v) is 3.01. The van der Waals surface area contributed by atoms with Gasteiger partial charge < -0.3 is 19.5 Å². The van der Waals surface area contributed by atoms with Gasteiger partial charge in [0.1, 0.15) is 24.6 Å². The third-order valence-corrected chi connectivity index (χ3v) is 4.30. The maximum Gasteiger partial charge on any atom is 0.416 e. The monoisotopic (exact) mass is 446 g/mol. The molecule has 0 fully saturated rings. The van der Waals surface area contributed by atoms with E-state index in [9.17, 15) is 28.1 Å². The fraction of sp³-hybridized carbons (Fsp3) is 0.278. The highest BCUT2D eigenvalue weighted by Gasteiger charge is 2.33. The number of nitrogens with zero attached hydrogens (tertiary/aromatic N) is 1. The van der Waals surface area contributed by atoms with Crippen molar-refractivity contribution in [2.75, 3.05) is 18.7 Å². The van der Waals surface area contributed by atoms with E-state index in [1.165, 1.54) is 0 Å². The number of nitro groups is 1. The Balaban J connectivity index is 1.64. The molecule has 2 aromatic carbocycles. The second-order valence-electron chi connectivity index (χ2n) is 6.16. The van der Waals surface area contributed by atoms with Crippen LogP contribution in [0.2, 0.25) is 5.02 Å². The Labute approximate surface area is 172 Å². The number of carbonyl (C=O) groups is 1. The van der Waals surface area contributed by atoms with Crippen molar-refractivity contribution in [3.05, 3.63) is 62.2 Å². The normalized spacial score (nSPS) is 13.2. The number of rotatable bonds is 6. The van der Waals surface area contributed by atoms with Crippen LogP contribution in [-0.2, 0) is 33.7 Å². The summed E-state index contributed by atoms with van der Waals surface area (Å²) in [6, 6.07) is 5.18. The van der Waals surface area contributed by atoms with Gasteiger partial charge in [-0.25, -0.2) is 0 Å². The first-order chi connectivity index (χ1) is 14.1. The van der Waals surface area contributed by atoms with Gasteiger partial charge >= 0.3 is 12.1 Å². The number of nitrogens with one attached hydrogen (secondary N) is 1. The van der Waals surface area contributed by atoms with Crippen molar-refractivity contribution in [1.82, 2.24) is 0 Å². The zero-order chi connectivity index (χ0) is 21.9. The van der Waals surface area contributed by atoms with Gasteiger partial charge in [0.2, 0.25) is 0 Å². The molecule has 0 atom stereocenters. The van der Waals surface area contributed by atoms with Crippen LogP contribution < -0.4 is 10.1 Å². The summed E-state index contributed by atoms with van der Waals surface area (Å²) in [6.07, 6.45) is -4.73. The molecule has 8 nitrogen and oxygen atoms in total. The topological polar surface area (TPSA) is 99.9 Å². The molecule has 0 spiro atoms. The Bertz CT molecular complexity index is 983. The Kier molecular flexibility index (Phi) is 6.32. The molecular weight excluding hydrogens is 433 g/mol. The first-order valence-electron chi connectivity index (χ1n) is 8.42. The maximum atomic E-state index is 12.7. The predicted octanol–water partition coefficient (Wildman–Crippen LogP) is 4.29. The third-order valence-electron chi connectivity index (χ3n) is 4.09. The standard InChI is InChI=1S/C18H14ClF3N2O6/c19-13-3-10-7-28-9-30-17(10)11(4-13)8-29-16(25)6-23-14-2-1-12(18(20,21)22)5-15(14)24(26)27/h1-5,23H,6-9H2. The number of esters is 1. The fourth-order valence-electron chi connectivity index (χ4n) is 2.75. The van der Waals surface area contributed by atoms with Crippen LogP contribution >= 0.6 is 11.6 Å². The van der Waals surface area contributed by atoms with Crippen molar-refractivity contribution < 1.29 is 37.1 Å². The molecule has 1 aliphatic rings. The number of benzene rings is 2. The van der Waals surface area contributed by atoms with Crippen molar-refractivity contribution >= 4 is 28.9 Å². The van der Waals surface area contributed by atoms with Crippen molar-refractivity contribution in [2.24, 2.45) is 0 Å². The van der Waals surface area contributed by atoms with Gasteiger partial charge in [0.05, 0.1) is 17.1 Å². The number of fused-ring (bicyclic) bond motifs is 1. The maximum absolute atomic E-state index is 12.7.